The molecule has 208 valence electrons. The summed E-state index contributed by atoms with van der Waals surface area (Å²) in [6, 6.07) is 10.8. The van der Waals surface area contributed by atoms with Crippen molar-refractivity contribution < 1.29 is 19.4 Å². The standard InChI is InChI=1S/C29H31ClN6O4/c30-22-13-31-29(32-20-8-10-40-11-9-20)35-27(22)18-6-7-19-14-36(28(39)21(19)12-18)15-26(38)34-25(16-37)24-3-1-2-23(33-24)17-4-5-17/h1-3,6-7,12-13,17,20,25,37H,4-5,8-11,14-16H2,(H,34,38)(H,31,32,35)/t25-/m1/s1. The fourth-order valence-corrected chi connectivity index (χ4v) is 5.40. The first-order valence-corrected chi connectivity index (χ1v) is 14.0. The number of rotatable bonds is 9. The van der Waals surface area contributed by atoms with Crippen LogP contribution < -0.4 is 10.6 Å². The first-order chi connectivity index (χ1) is 19.5. The van der Waals surface area contributed by atoms with Gasteiger partial charge in [-0.3, -0.25) is 14.6 Å². The number of aliphatic hydroxyl groups is 1. The van der Waals surface area contributed by atoms with E-state index in [2.05, 4.69) is 25.6 Å². The van der Waals surface area contributed by atoms with E-state index in [1.54, 1.807) is 18.3 Å². The van der Waals surface area contributed by atoms with Gasteiger partial charge in [0.15, 0.2) is 0 Å². The van der Waals surface area contributed by atoms with Crippen LogP contribution in [0, 0.1) is 0 Å². The molecule has 2 amide bonds. The largest absolute Gasteiger partial charge is 0.394 e. The number of hydrogen-bond donors (Lipinski definition) is 3. The zero-order valence-electron chi connectivity index (χ0n) is 22.0. The Hall–Kier alpha value is -3.60. The van der Waals surface area contributed by atoms with E-state index in [0.717, 1.165) is 36.9 Å². The summed E-state index contributed by atoms with van der Waals surface area (Å²) in [5, 5.41) is 16.5. The van der Waals surface area contributed by atoms with Gasteiger partial charge in [0.25, 0.3) is 5.91 Å². The molecular weight excluding hydrogens is 532 g/mol. The lowest BCUT2D eigenvalue weighted by molar-refractivity contribution is -0.122. The number of ether oxygens (including phenoxy) is 1. The Bertz CT molecular complexity index is 1430. The summed E-state index contributed by atoms with van der Waals surface area (Å²) >= 11 is 6.45. The highest BCUT2D eigenvalue weighted by molar-refractivity contribution is 6.33. The summed E-state index contributed by atoms with van der Waals surface area (Å²) in [7, 11) is 0. The van der Waals surface area contributed by atoms with Gasteiger partial charge in [-0.25, -0.2) is 9.97 Å². The van der Waals surface area contributed by atoms with Crippen LogP contribution in [-0.4, -0.2) is 69.2 Å². The van der Waals surface area contributed by atoms with E-state index in [1.807, 2.05) is 24.3 Å². The van der Waals surface area contributed by atoms with Gasteiger partial charge in [-0.2, -0.15) is 0 Å². The molecule has 3 aliphatic rings. The molecule has 3 N–H and O–H groups in total. The summed E-state index contributed by atoms with van der Waals surface area (Å²) in [6.45, 7) is 1.30. The number of aromatic nitrogens is 3. The van der Waals surface area contributed by atoms with E-state index in [9.17, 15) is 14.7 Å². The van der Waals surface area contributed by atoms with Crippen molar-refractivity contribution in [3.05, 3.63) is 70.1 Å². The van der Waals surface area contributed by atoms with Gasteiger partial charge in [-0.15, -0.1) is 0 Å². The zero-order chi connectivity index (χ0) is 27.6. The normalized spacial score (nSPS) is 17.9. The second-order valence-corrected chi connectivity index (χ2v) is 10.9. The fraction of sp³-hybridized carbons (Fsp3) is 0.414. The van der Waals surface area contributed by atoms with Crippen molar-refractivity contribution in [2.45, 2.75) is 50.2 Å². The SMILES string of the molecule is O=C(CN1Cc2ccc(-c3nc(NC4CCOCC4)ncc3Cl)cc2C1=O)N[C@H](CO)c1cccc(C2CC2)n1. The molecule has 6 rings (SSSR count). The summed E-state index contributed by atoms with van der Waals surface area (Å²) in [5.41, 5.74) is 4.17. The van der Waals surface area contributed by atoms with Crippen molar-refractivity contribution in [2.75, 3.05) is 31.7 Å². The van der Waals surface area contributed by atoms with Crippen molar-refractivity contribution in [1.82, 2.24) is 25.2 Å². The van der Waals surface area contributed by atoms with E-state index in [4.69, 9.17) is 16.3 Å². The molecule has 1 aliphatic carbocycles. The number of benzene rings is 1. The van der Waals surface area contributed by atoms with E-state index >= 15 is 0 Å². The maximum Gasteiger partial charge on any atom is 0.254 e. The Morgan fingerprint density at radius 2 is 1.98 bits per heavy atom. The number of anilines is 1. The molecule has 0 bridgehead atoms. The summed E-state index contributed by atoms with van der Waals surface area (Å²) in [5.74, 6) is 0.341. The van der Waals surface area contributed by atoms with Gasteiger partial charge in [-0.05, 0) is 49.4 Å². The van der Waals surface area contributed by atoms with Crippen LogP contribution in [0.1, 0.15) is 65.0 Å². The molecule has 0 unspecified atom stereocenters. The van der Waals surface area contributed by atoms with Crippen molar-refractivity contribution in [1.29, 1.82) is 0 Å². The molecule has 0 spiro atoms. The van der Waals surface area contributed by atoms with Crippen LogP contribution >= 0.6 is 11.6 Å². The van der Waals surface area contributed by atoms with Gasteiger partial charge in [0.2, 0.25) is 11.9 Å². The van der Waals surface area contributed by atoms with Crippen LogP contribution in [0.5, 0.6) is 0 Å². The summed E-state index contributed by atoms with van der Waals surface area (Å²) < 4.78 is 5.42. The molecule has 1 saturated carbocycles. The molecule has 2 fully saturated rings. The molecule has 2 aromatic heterocycles. The minimum atomic E-state index is -0.637. The highest BCUT2D eigenvalue weighted by Crippen LogP contribution is 2.39. The Labute approximate surface area is 237 Å². The van der Waals surface area contributed by atoms with E-state index in [0.29, 0.717) is 59.2 Å². The molecule has 11 heteroatoms. The maximum atomic E-state index is 13.3. The Kier molecular flexibility index (Phi) is 7.64. The Morgan fingerprint density at radius 3 is 2.75 bits per heavy atom. The summed E-state index contributed by atoms with van der Waals surface area (Å²) in [6.07, 6.45) is 5.54. The van der Waals surface area contributed by atoms with E-state index in [1.165, 1.54) is 4.90 Å². The van der Waals surface area contributed by atoms with Crippen LogP contribution in [0.2, 0.25) is 5.02 Å². The predicted octanol–water partition coefficient (Wildman–Crippen LogP) is 3.47. The van der Waals surface area contributed by atoms with Gasteiger partial charge in [0.1, 0.15) is 6.54 Å². The van der Waals surface area contributed by atoms with Gasteiger partial charge >= 0.3 is 0 Å². The average molecular weight is 563 g/mol. The Balaban J connectivity index is 1.13. The smallest absolute Gasteiger partial charge is 0.254 e. The fourth-order valence-electron chi connectivity index (χ4n) is 5.20. The molecular formula is C29H31ClN6O4. The van der Waals surface area contributed by atoms with Crippen LogP contribution in [0.4, 0.5) is 5.95 Å². The lowest BCUT2D eigenvalue weighted by Gasteiger charge is -2.23. The molecule has 2 aliphatic heterocycles. The van der Waals surface area contributed by atoms with Gasteiger partial charge in [0.05, 0.1) is 35.3 Å². The number of amides is 2. The number of fused-ring (bicyclic) bond motifs is 1. The average Bonchev–Trinajstić information content (AvgIpc) is 3.78. The lowest BCUT2D eigenvalue weighted by atomic mass is 10.0. The molecule has 1 aromatic carbocycles. The first-order valence-electron chi connectivity index (χ1n) is 13.6. The van der Waals surface area contributed by atoms with Gasteiger partial charge in [-0.1, -0.05) is 29.8 Å². The summed E-state index contributed by atoms with van der Waals surface area (Å²) in [4.78, 5) is 41.3. The minimum absolute atomic E-state index is 0.130. The number of hydrogen-bond acceptors (Lipinski definition) is 8. The second kappa shape index (κ2) is 11.5. The van der Waals surface area contributed by atoms with Crippen LogP contribution in [0.3, 0.4) is 0 Å². The Morgan fingerprint density at radius 1 is 1.15 bits per heavy atom. The molecule has 1 saturated heterocycles. The quantitative estimate of drug-likeness (QED) is 0.361. The van der Waals surface area contributed by atoms with Crippen molar-refractivity contribution in [3.8, 4) is 11.3 Å². The molecule has 3 aromatic rings. The van der Waals surface area contributed by atoms with Gasteiger partial charge < -0.3 is 25.4 Å². The number of pyridine rings is 1. The zero-order valence-corrected chi connectivity index (χ0v) is 22.7. The van der Waals surface area contributed by atoms with Crippen molar-refractivity contribution in [3.63, 3.8) is 0 Å². The minimum Gasteiger partial charge on any atom is -0.394 e. The molecule has 4 heterocycles. The van der Waals surface area contributed by atoms with Crippen LogP contribution in [0.15, 0.2) is 42.6 Å². The molecule has 40 heavy (non-hydrogen) atoms. The number of nitrogens with one attached hydrogen (secondary N) is 2. The highest BCUT2D eigenvalue weighted by atomic mass is 35.5. The van der Waals surface area contributed by atoms with E-state index in [-0.39, 0.29) is 31.0 Å². The second-order valence-electron chi connectivity index (χ2n) is 10.5. The van der Waals surface area contributed by atoms with Crippen molar-refractivity contribution in [2.24, 2.45) is 0 Å². The number of carbonyl (C=O) groups excluding carboxylic acids is 2. The maximum absolute atomic E-state index is 13.3. The van der Waals surface area contributed by atoms with Gasteiger partial charge in [0, 0.05) is 48.5 Å². The van der Waals surface area contributed by atoms with Crippen LogP contribution in [0.25, 0.3) is 11.3 Å². The number of aliphatic hydroxyl groups excluding tert-OH is 1. The molecule has 1 atom stereocenters. The highest BCUT2D eigenvalue weighted by Gasteiger charge is 2.31. The topological polar surface area (TPSA) is 130 Å². The number of carbonyl (C=O) groups is 2. The first kappa shape index (κ1) is 26.6. The molecule has 0 radical (unpaired) electrons. The third-order valence-corrected chi connectivity index (χ3v) is 7.83. The monoisotopic (exact) mass is 562 g/mol. The van der Waals surface area contributed by atoms with E-state index < -0.39 is 6.04 Å². The predicted molar refractivity (Wildman–Crippen MR) is 149 cm³/mol. The third kappa shape index (κ3) is 5.79. The number of halogens is 1. The third-order valence-electron chi connectivity index (χ3n) is 7.56. The van der Waals surface area contributed by atoms with Crippen molar-refractivity contribution >= 4 is 29.4 Å². The lowest BCUT2D eigenvalue weighted by Crippen LogP contribution is -2.40. The number of nitrogens with zero attached hydrogens (tertiary/aromatic N) is 4. The van der Waals surface area contributed by atoms with Crippen LogP contribution in [-0.2, 0) is 16.1 Å². The molecule has 10 nitrogen and oxygen atoms in total.